The number of amides is 1. The Morgan fingerprint density at radius 3 is 2.95 bits per heavy atom. The van der Waals surface area contributed by atoms with Crippen LogP contribution in [0.1, 0.15) is 19.8 Å². The molecule has 1 aromatic heterocycles. The predicted octanol–water partition coefficient (Wildman–Crippen LogP) is -0.0660. The van der Waals surface area contributed by atoms with E-state index >= 15 is 0 Å². The minimum absolute atomic E-state index is 0.0228. The molecule has 1 aliphatic heterocycles. The third-order valence-corrected chi connectivity index (χ3v) is 5.13. The summed E-state index contributed by atoms with van der Waals surface area (Å²) in [5.74, 6) is -0.550. The number of sulfone groups is 1. The third kappa shape index (κ3) is 3.31. The van der Waals surface area contributed by atoms with Crippen LogP contribution in [0, 0.1) is 0 Å². The van der Waals surface area contributed by atoms with Crippen molar-refractivity contribution in [1.29, 1.82) is 0 Å². The van der Waals surface area contributed by atoms with Gasteiger partial charge in [-0.05, 0) is 19.8 Å². The van der Waals surface area contributed by atoms with E-state index in [1.165, 1.54) is 19.3 Å². The number of rotatable bonds is 5. The Labute approximate surface area is 117 Å². The van der Waals surface area contributed by atoms with Crippen LogP contribution in [0.3, 0.4) is 0 Å². The molecule has 1 aliphatic rings. The maximum absolute atomic E-state index is 12.2. The van der Waals surface area contributed by atoms with E-state index < -0.39 is 21.0 Å². The first-order valence-electron chi connectivity index (χ1n) is 6.41. The highest BCUT2D eigenvalue weighted by Crippen LogP contribution is 2.13. The van der Waals surface area contributed by atoms with E-state index in [4.69, 9.17) is 4.74 Å². The lowest BCUT2D eigenvalue weighted by Gasteiger charge is -2.15. The molecule has 0 unspecified atom stereocenters. The highest BCUT2D eigenvalue weighted by molar-refractivity contribution is 7.92. The van der Waals surface area contributed by atoms with Gasteiger partial charge in [0.2, 0.25) is 15.7 Å². The molecule has 2 atom stereocenters. The monoisotopic (exact) mass is 299 g/mol. The van der Waals surface area contributed by atoms with Gasteiger partial charge >= 0.3 is 0 Å². The molecule has 2 rings (SSSR count). The van der Waals surface area contributed by atoms with Gasteiger partial charge in [0.25, 0.3) is 0 Å². The van der Waals surface area contributed by atoms with Crippen LogP contribution in [0.2, 0.25) is 0 Å². The maximum atomic E-state index is 12.2. The van der Waals surface area contributed by atoms with Gasteiger partial charge in [0.1, 0.15) is 5.25 Å². The Kier molecular flexibility index (Phi) is 4.66. The summed E-state index contributed by atoms with van der Waals surface area (Å²) < 4.78 is 29.7. The first-order chi connectivity index (χ1) is 9.51. The molecular formula is C12H17N3O4S. The van der Waals surface area contributed by atoms with Crippen LogP contribution in [-0.4, -0.2) is 48.8 Å². The van der Waals surface area contributed by atoms with Crippen molar-refractivity contribution in [2.75, 3.05) is 13.2 Å². The van der Waals surface area contributed by atoms with Gasteiger partial charge in [-0.2, -0.15) is 0 Å². The van der Waals surface area contributed by atoms with Gasteiger partial charge in [-0.1, -0.05) is 0 Å². The van der Waals surface area contributed by atoms with Crippen molar-refractivity contribution in [2.45, 2.75) is 36.1 Å². The molecule has 20 heavy (non-hydrogen) atoms. The third-order valence-electron chi connectivity index (χ3n) is 3.19. The van der Waals surface area contributed by atoms with Crippen molar-refractivity contribution in [2.24, 2.45) is 0 Å². The summed E-state index contributed by atoms with van der Waals surface area (Å²) in [6, 6.07) is 0. The summed E-state index contributed by atoms with van der Waals surface area (Å²) >= 11 is 0. The Hall–Kier alpha value is -1.54. The minimum Gasteiger partial charge on any atom is -0.376 e. The Balaban J connectivity index is 1.98. The minimum atomic E-state index is -3.81. The van der Waals surface area contributed by atoms with Crippen molar-refractivity contribution in [3.8, 4) is 0 Å². The zero-order valence-electron chi connectivity index (χ0n) is 11.2. The van der Waals surface area contributed by atoms with E-state index in [9.17, 15) is 13.2 Å². The van der Waals surface area contributed by atoms with Crippen LogP contribution < -0.4 is 5.32 Å². The summed E-state index contributed by atoms with van der Waals surface area (Å²) in [6.07, 6.45) is 5.62. The molecule has 0 saturated carbocycles. The molecule has 1 saturated heterocycles. The average molecular weight is 299 g/mol. The number of nitrogens with one attached hydrogen (secondary N) is 1. The number of hydrogen-bond donors (Lipinski definition) is 1. The molecule has 2 heterocycles. The van der Waals surface area contributed by atoms with Gasteiger partial charge in [-0.15, -0.1) is 0 Å². The Bertz CT molecular complexity index is 555. The SMILES string of the molecule is C[C@H](C(=O)NC[C@@H]1CCCO1)S(=O)(=O)c1cnccn1. The van der Waals surface area contributed by atoms with Crippen molar-refractivity contribution in [3.05, 3.63) is 18.6 Å². The molecule has 1 fully saturated rings. The van der Waals surface area contributed by atoms with Gasteiger partial charge in [0, 0.05) is 25.5 Å². The van der Waals surface area contributed by atoms with Gasteiger partial charge in [-0.25, -0.2) is 13.4 Å². The number of carbonyl (C=O) groups excluding carboxylic acids is 1. The summed E-state index contributed by atoms with van der Waals surface area (Å²) in [6.45, 7) is 2.36. The van der Waals surface area contributed by atoms with Crippen LogP contribution in [0.5, 0.6) is 0 Å². The molecule has 7 nitrogen and oxygen atoms in total. The van der Waals surface area contributed by atoms with Crippen LogP contribution in [0.25, 0.3) is 0 Å². The molecule has 0 radical (unpaired) electrons. The van der Waals surface area contributed by atoms with Gasteiger partial charge < -0.3 is 10.1 Å². The quantitative estimate of drug-likeness (QED) is 0.817. The van der Waals surface area contributed by atoms with Crippen LogP contribution in [0.15, 0.2) is 23.6 Å². The number of aromatic nitrogens is 2. The lowest BCUT2D eigenvalue weighted by atomic mass is 10.2. The molecule has 1 aromatic rings. The zero-order chi connectivity index (χ0) is 14.6. The molecule has 1 amide bonds. The van der Waals surface area contributed by atoms with E-state index in [2.05, 4.69) is 15.3 Å². The van der Waals surface area contributed by atoms with E-state index in [0.717, 1.165) is 19.0 Å². The van der Waals surface area contributed by atoms with Crippen LogP contribution in [-0.2, 0) is 19.4 Å². The fourth-order valence-corrected chi connectivity index (χ4v) is 3.06. The summed E-state index contributed by atoms with van der Waals surface area (Å²) in [4.78, 5) is 19.4. The number of ether oxygens (including phenoxy) is 1. The van der Waals surface area contributed by atoms with Crippen LogP contribution in [0.4, 0.5) is 0 Å². The molecule has 1 N–H and O–H groups in total. The number of nitrogens with zero attached hydrogens (tertiary/aromatic N) is 2. The van der Waals surface area contributed by atoms with Gasteiger partial charge in [-0.3, -0.25) is 9.78 Å². The fourth-order valence-electron chi connectivity index (χ4n) is 1.92. The van der Waals surface area contributed by atoms with Gasteiger partial charge in [0.05, 0.1) is 12.3 Å². The second-order valence-electron chi connectivity index (χ2n) is 4.61. The Morgan fingerprint density at radius 1 is 1.55 bits per heavy atom. The second kappa shape index (κ2) is 6.27. The van der Waals surface area contributed by atoms with Crippen molar-refractivity contribution < 1.29 is 17.9 Å². The van der Waals surface area contributed by atoms with E-state index in [1.54, 1.807) is 0 Å². The lowest BCUT2D eigenvalue weighted by Crippen LogP contribution is -2.41. The second-order valence-corrected chi connectivity index (χ2v) is 6.83. The highest BCUT2D eigenvalue weighted by Gasteiger charge is 2.31. The van der Waals surface area contributed by atoms with Crippen molar-refractivity contribution >= 4 is 15.7 Å². The van der Waals surface area contributed by atoms with E-state index in [-0.39, 0.29) is 11.1 Å². The topological polar surface area (TPSA) is 98.2 Å². The molecule has 0 aromatic carbocycles. The molecular weight excluding hydrogens is 282 g/mol. The predicted molar refractivity (Wildman–Crippen MR) is 70.7 cm³/mol. The molecule has 110 valence electrons. The standard InChI is InChI=1S/C12H17N3O4S/c1-9(12(16)15-7-10-3-2-6-19-10)20(17,18)11-8-13-4-5-14-11/h4-5,8-10H,2-3,6-7H2,1H3,(H,15,16)/t9-,10+/m1/s1. The summed E-state index contributed by atoms with van der Waals surface area (Å²) in [5, 5.41) is 1.21. The average Bonchev–Trinajstić information content (AvgIpc) is 2.98. The normalized spacial score (nSPS) is 20.6. The number of hydrogen-bond acceptors (Lipinski definition) is 6. The van der Waals surface area contributed by atoms with Crippen LogP contribution >= 0.6 is 0 Å². The molecule has 0 spiro atoms. The van der Waals surface area contributed by atoms with E-state index in [0.29, 0.717) is 13.2 Å². The largest absolute Gasteiger partial charge is 0.376 e. The first kappa shape index (κ1) is 14.9. The first-order valence-corrected chi connectivity index (χ1v) is 7.95. The Morgan fingerprint density at radius 2 is 2.35 bits per heavy atom. The zero-order valence-corrected chi connectivity index (χ0v) is 12.0. The van der Waals surface area contributed by atoms with Crippen molar-refractivity contribution in [1.82, 2.24) is 15.3 Å². The molecule has 0 bridgehead atoms. The van der Waals surface area contributed by atoms with Gasteiger partial charge in [0.15, 0.2) is 5.03 Å². The van der Waals surface area contributed by atoms with Crippen molar-refractivity contribution in [3.63, 3.8) is 0 Å². The maximum Gasteiger partial charge on any atom is 0.238 e. The van der Waals surface area contributed by atoms with E-state index in [1.807, 2.05) is 0 Å². The molecule has 0 aliphatic carbocycles. The smallest absolute Gasteiger partial charge is 0.238 e. The lowest BCUT2D eigenvalue weighted by molar-refractivity contribution is -0.120. The summed E-state index contributed by atoms with van der Waals surface area (Å²) in [7, 11) is -3.81. The highest BCUT2D eigenvalue weighted by atomic mass is 32.2. The number of carbonyl (C=O) groups is 1. The molecule has 8 heteroatoms. The fraction of sp³-hybridized carbons (Fsp3) is 0.583. The summed E-state index contributed by atoms with van der Waals surface area (Å²) in [5.41, 5.74) is 0.